The average molecular weight is 254 g/mol. The van der Waals surface area contributed by atoms with Gasteiger partial charge < -0.3 is 9.47 Å². The molecule has 0 amide bonds. The molecule has 5 heteroatoms. The number of aromatic nitrogens is 1. The molecule has 1 aliphatic rings. The molecule has 0 spiro atoms. The van der Waals surface area contributed by atoms with Gasteiger partial charge in [-0.2, -0.15) is 5.26 Å². The minimum Gasteiger partial charge on any atom is -0.454 e. The van der Waals surface area contributed by atoms with Crippen LogP contribution in [0.1, 0.15) is 11.1 Å². The van der Waals surface area contributed by atoms with E-state index in [2.05, 4.69) is 0 Å². The molecule has 2 heterocycles. The van der Waals surface area contributed by atoms with Crippen LogP contribution in [-0.2, 0) is 0 Å². The molecule has 0 fully saturated rings. The molecule has 1 aliphatic heterocycles. The summed E-state index contributed by atoms with van der Waals surface area (Å²) in [5, 5.41) is 9.02. The van der Waals surface area contributed by atoms with Gasteiger partial charge in [0.1, 0.15) is 11.6 Å². The Bertz CT molecular complexity index is 756. The smallest absolute Gasteiger partial charge is 0.273 e. The lowest BCUT2D eigenvalue weighted by Gasteiger charge is -2.08. The maximum atomic E-state index is 12.2. The Morgan fingerprint density at radius 2 is 2.05 bits per heavy atom. The molecule has 0 saturated carbocycles. The maximum Gasteiger partial charge on any atom is 0.273 e. The van der Waals surface area contributed by atoms with Gasteiger partial charge in [0.2, 0.25) is 6.79 Å². The molecule has 0 N–H and O–H groups in total. The fourth-order valence-electron chi connectivity index (χ4n) is 2.00. The van der Waals surface area contributed by atoms with Gasteiger partial charge in [-0.15, -0.1) is 0 Å². The van der Waals surface area contributed by atoms with Crippen molar-refractivity contribution in [2.24, 2.45) is 0 Å². The molecule has 94 valence electrons. The number of benzene rings is 1. The van der Waals surface area contributed by atoms with Crippen LogP contribution in [0.25, 0.3) is 5.69 Å². The first-order valence-corrected chi connectivity index (χ1v) is 5.73. The van der Waals surface area contributed by atoms with E-state index in [0.717, 1.165) is 0 Å². The minimum absolute atomic E-state index is 0.153. The van der Waals surface area contributed by atoms with Crippen molar-refractivity contribution in [1.29, 1.82) is 5.26 Å². The van der Waals surface area contributed by atoms with E-state index >= 15 is 0 Å². The van der Waals surface area contributed by atoms with Crippen molar-refractivity contribution in [3.63, 3.8) is 0 Å². The molecule has 0 saturated heterocycles. The molecule has 0 atom stereocenters. The lowest BCUT2D eigenvalue weighted by Crippen LogP contribution is -2.21. The summed E-state index contributed by atoms with van der Waals surface area (Å²) in [4.78, 5) is 12.2. The summed E-state index contributed by atoms with van der Waals surface area (Å²) < 4.78 is 11.9. The third-order valence-corrected chi connectivity index (χ3v) is 3.05. The van der Waals surface area contributed by atoms with Crippen LogP contribution in [0.15, 0.2) is 35.3 Å². The molecule has 2 aromatic rings. The second-order valence-electron chi connectivity index (χ2n) is 4.20. The van der Waals surface area contributed by atoms with Crippen LogP contribution >= 0.6 is 0 Å². The fourth-order valence-corrected chi connectivity index (χ4v) is 2.00. The molecule has 19 heavy (non-hydrogen) atoms. The van der Waals surface area contributed by atoms with E-state index in [0.29, 0.717) is 22.7 Å². The zero-order valence-corrected chi connectivity index (χ0v) is 10.2. The molecule has 1 aromatic carbocycles. The molecular formula is C14H10N2O3. The molecular weight excluding hydrogens is 244 g/mol. The van der Waals surface area contributed by atoms with Crippen LogP contribution in [0.4, 0.5) is 0 Å². The number of hydrogen-bond donors (Lipinski definition) is 0. The quantitative estimate of drug-likeness (QED) is 0.777. The largest absolute Gasteiger partial charge is 0.454 e. The first-order valence-electron chi connectivity index (χ1n) is 5.73. The predicted octanol–water partition coefficient (Wildman–Crippen LogP) is 1.75. The Balaban J connectivity index is 2.18. The molecule has 0 radical (unpaired) electrons. The van der Waals surface area contributed by atoms with Crippen molar-refractivity contribution in [2.75, 3.05) is 6.79 Å². The highest BCUT2D eigenvalue weighted by Crippen LogP contribution is 2.33. The standard InChI is InChI=1S/C14H10N2O3/c1-9-4-5-16(14(17)11(9)7-15)10-2-3-12-13(6-10)19-8-18-12/h2-6H,8H2,1H3. The van der Waals surface area contributed by atoms with Crippen LogP contribution in [0, 0.1) is 18.3 Å². The van der Waals surface area contributed by atoms with Gasteiger partial charge in [0, 0.05) is 12.3 Å². The van der Waals surface area contributed by atoms with Crippen molar-refractivity contribution in [2.45, 2.75) is 6.92 Å². The normalized spacial score (nSPS) is 12.2. The van der Waals surface area contributed by atoms with Crippen molar-refractivity contribution in [3.05, 3.63) is 51.9 Å². The molecule has 0 aliphatic carbocycles. The molecule has 0 bridgehead atoms. The summed E-state index contributed by atoms with van der Waals surface area (Å²) in [5.74, 6) is 1.26. The third-order valence-electron chi connectivity index (χ3n) is 3.05. The lowest BCUT2D eigenvalue weighted by atomic mass is 10.1. The van der Waals surface area contributed by atoms with Gasteiger partial charge in [-0.05, 0) is 30.7 Å². The van der Waals surface area contributed by atoms with Crippen LogP contribution < -0.4 is 15.0 Å². The van der Waals surface area contributed by atoms with E-state index in [1.807, 2.05) is 6.07 Å². The first kappa shape index (κ1) is 11.4. The van der Waals surface area contributed by atoms with E-state index in [4.69, 9.17) is 14.7 Å². The number of hydrogen-bond acceptors (Lipinski definition) is 4. The van der Waals surface area contributed by atoms with Crippen LogP contribution in [0.3, 0.4) is 0 Å². The van der Waals surface area contributed by atoms with Gasteiger partial charge in [0.05, 0.1) is 5.69 Å². The van der Waals surface area contributed by atoms with Crippen LogP contribution in [0.2, 0.25) is 0 Å². The molecule has 5 nitrogen and oxygen atoms in total. The molecule has 3 rings (SSSR count). The zero-order chi connectivity index (χ0) is 13.4. The van der Waals surface area contributed by atoms with Crippen molar-refractivity contribution in [3.8, 4) is 23.3 Å². The number of pyridine rings is 1. The summed E-state index contributed by atoms with van der Waals surface area (Å²) in [6.07, 6.45) is 1.65. The Morgan fingerprint density at radius 1 is 1.26 bits per heavy atom. The lowest BCUT2D eigenvalue weighted by molar-refractivity contribution is 0.174. The highest BCUT2D eigenvalue weighted by atomic mass is 16.7. The molecule has 1 aromatic heterocycles. The third kappa shape index (κ3) is 1.74. The molecule has 0 unspecified atom stereocenters. The predicted molar refractivity (Wildman–Crippen MR) is 67.6 cm³/mol. The van der Waals surface area contributed by atoms with Crippen molar-refractivity contribution in [1.82, 2.24) is 4.57 Å². The van der Waals surface area contributed by atoms with E-state index in [-0.39, 0.29) is 17.9 Å². The SMILES string of the molecule is Cc1ccn(-c2ccc3c(c2)OCO3)c(=O)c1C#N. The first-order chi connectivity index (χ1) is 9.20. The summed E-state index contributed by atoms with van der Waals surface area (Å²) >= 11 is 0. The van der Waals surface area contributed by atoms with Gasteiger partial charge in [-0.3, -0.25) is 9.36 Å². The number of aryl methyl sites for hydroxylation is 1. The van der Waals surface area contributed by atoms with Gasteiger partial charge in [-0.1, -0.05) is 0 Å². The Hall–Kier alpha value is -2.74. The van der Waals surface area contributed by atoms with Gasteiger partial charge in [0.25, 0.3) is 5.56 Å². The van der Waals surface area contributed by atoms with Crippen molar-refractivity contribution < 1.29 is 9.47 Å². The second kappa shape index (κ2) is 4.18. The summed E-state index contributed by atoms with van der Waals surface area (Å²) in [5.41, 5.74) is 1.14. The van der Waals surface area contributed by atoms with Gasteiger partial charge in [-0.25, -0.2) is 0 Å². The van der Waals surface area contributed by atoms with Crippen LogP contribution in [-0.4, -0.2) is 11.4 Å². The summed E-state index contributed by atoms with van der Waals surface area (Å²) in [6, 6.07) is 8.90. The minimum atomic E-state index is -0.332. The number of nitrogens with zero attached hydrogens (tertiary/aromatic N) is 2. The Labute approximate surface area is 109 Å². The van der Waals surface area contributed by atoms with Gasteiger partial charge in [0.15, 0.2) is 11.5 Å². The van der Waals surface area contributed by atoms with Gasteiger partial charge >= 0.3 is 0 Å². The second-order valence-corrected chi connectivity index (χ2v) is 4.20. The Morgan fingerprint density at radius 3 is 2.84 bits per heavy atom. The highest BCUT2D eigenvalue weighted by Gasteiger charge is 2.15. The van der Waals surface area contributed by atoms with E-state index in [9.17, 15) is 4.79 Å². The fraction of sp³-hybridized carbons (Fsp3) is 0.143. The van der Waals surface area contributed by atoms with E-state index in [1.165, 1.54) is 4.57 Å². The zero-order valence-electron chi connectivity index (χ0n) is 10.2. The average Bonchev–Trinajstić information content (AvgIpc) is 2.86. The van der Waals surface area contributed by atoms with E-state index in [1.54, 1.807) is 37.4 Å². The number of rotatable bonds is 1. The highest BCUT2D eigenvalue weighted by molar-refractivity contribution is 5.51. The van der Waals surface area contributed by atoms with Crippen molar-refractivity contribution >= 4 is 0 Å². The van der Waals surface area contributed by atoms with Crippen LogP contribution in [0.5, 0.6) is 11.5 Å². The summed E-state index contributed by atoms with van der Waals surface area (Å²) in [6.45, 7) is 1.93. The number of fused-ring (bicyclic) bond motifs is 1. The topological polar surface area (TPSA) is 64.2 Å². The number of nitriles is 1. The Kier molecular flexibility index (Phi) is 2.50. The van der Waals surface area contributed by atoms with E-state index < -0.39 is 0 Å². The monoisotopic (exact) mass is 254 g/mol. The number of ether oxygens (including phenoxy) is 2. The maximum absolute atomic E-state index is 12.2. The summed E-state index contributed by atoms with van der Waals surface area (Å²) in [7, 11) is 0.